The minimum Gasteiger partial charge on any atom is -0.393 e. The minimum absolute atomic E-state index is 0.0707. The summed E-state index contributed by atoms with van der Waals surface area (Å²) in [7, 11) is 0. The lowest BCUT2D eigenvalue weighted by atomic mass is 9.94. The topological polar surface area (TPSA) is 52.6 Å². The van der Waals surface area contributed by atoms with Gasteiger partial charge >= 0.3 is 6.03 Å². The molecule has 0 bridgehead atoms. The van der Waals surface area contributed by atoms with Crippen LogP contribution in [0.4, 0.5) is 10.5 Å². The van der Waals surface area contributed by atoms with E-state index in [9.17, 15) is 9.90 Å². The molecule has 0 radical (unpaired) electrons. The van der Waals surface area contributed by atoms with Gasteiger partial charge in [0, 0.05) is 24.7 Å². The maximum absolute atomic E-state index is 12.3. The molecule has 0 aromatic heterocycles. The lowest BCUT2D eigenvalue weighted by molar-refractivity contribution is 0.0766. The quantitative estimate of drug-likeness (QED) is 0.872. The molecule has 1 fully saturated rings. The molecule has 1 aliphatic heterocycles. The van der Waals surface area contributed by atoms with Crippen molar-refractivity contribution in [1.29, 1.82) is 0 Å². The van der Waals surface area contributed by atoms with Crippen LogP contribution in [-0.4, -0.2) is 35.2 Å². The predicted octanol–water partition coefficient (Wildman–Crippen LogP) is 2.93. The number of carbonyl (C=O) groups is 1. The number of piperidine rings is 1. The molecule has 1 aromatic rings. The van der Waals surface area contributed by atoms with Gasteiger partial charge in [0.15, 0.2) is 0 Å². The summed E-state index contributed by atoms with van der Waals surface area (Å²) in [5.41, 5.74) is 3.22. The molecule has 20 heavy (non-hydrogen) atoms. The van der Waals surface area contributed by atoms with E-state index >= 15 is 0 Å². The lowest BCUT2D eigenvalue weighted by Gasteiger charge is -2.34. The van der Waals surface area contributed by atoms with Gasteiger partial charge in [-0.25, -0.2) is 4.79 Å². The zero-order valence-corrected chi connectivity index (χ0v) is 12.5. The third kappa shape index (κ3) is 3.51. The van der Waals surface area contributed by atoms with E-state index in [1.807, 2.05) is 25.1 Å². The van der Waals surface area contributed by atoms with Gasteiger partial charge in [0.25, 0.3) is 0 Å². The van der Waals surface area contributed by atoms with Crippen LogP contribution in [0.3, 0.4) is 0 Å². The molecule has 4 nitrogen and oxygen atoms in total. The lowest BCUT2D eigenvalue weighted by Crippen LogP contribution is -2.44. The summed E-state index contributed by atoms with van der Waals surface area (Å²) < 4.78 is 0. The molecule has 110 valence electrons. The van der Waals surface area contributed by atoms with E-state index in [1.165, 1.54) is 11.1 Å². The zero-order chi connectivity index (χ0) is 14.7. The van der Waals surface area contributed by atoms with Crippen LogP contribution in [0.15, 0.2) is 18.2 Å². The summed E-state index contributed by atoms with van der Waals surface area (Å²) in [5, 5.41) is 12.6. The van der Waals surface area contributed by atoms with Crippen molar-refractivity contribution in [2.24, 2.45) is 5.92 Å². The second-order valence-corrected chi connectivity index (χ2v) is 5.82. The molecule has 2 rings (SSSR count). The number of likely N-dealkylation sites (tertiary alicyclic amines) is 1. The third-order valence-electron chi connectivity index (χ3n) is 4.19. The van der Waals surface area contributed by atoms with E-state index in [-0.39, 0.29) is 18.1 Å². The molecule has 2 N–H and O–H groups in total. The van der Waals surface area contributed by atoms with Crippen LogP contribution in [0.2, 0.25) is 0 Å². The summed E-state index contributed by atoms with van der Waals surface area (Å²) >= 11 is 0. The van der Waals surface area contributed by atoms with Crippen molar-refractivity contribution in [2.45, 2.75) is 39.7 Å². The summed E-state index contributed by atoms with van der Waals surface area (Å²) in [4.78, 5) is 14.1. The molecular weight excluding hydrogens is 252 g/mol. The first-order valence-corrected chi connectivity index (χ1v) is 7.28. The van der Waals surface area contributed by atoms with Crippen molar-refractivity contribution in [3.63, 3.8) is 0 Å². The Labute approximate surface area is 120 Å². The molecule has 1 aliphatic rings. The normalized spacial score (nSPS) is 20.6. The highest BCUT2D eigenvalue weighted by atomic mass is 16.3. The predicted molar refractivity (Wildman–Crippen MR) is 80.9 cm³/mol. The fourth-order valence-corrected chi connectivity index (χ4v) is 2.61. The average Bonchev–Trinajstić information content (AvgIpc) is 2.43. The number of aliphatic hydroxyl groups excluding tert-OH is 1. The standard InChI is InChI=1S/C16H24N2O2/c1-11-6-7-15(9-12(11)2)17-16(20)18-8-4-5-14(10-18)13(3)19/h6-7,9,13-14,19H,4-5,8,10H2,1-3H3,(H,17,20). The number of urea groups is 1. The average molecular weight is 276 g/mol. The Bertz CT molecular complexity index is 485. The van der Waals surface area contributed by atoms with Crippen molar-refractivity contribution in [1.82, 2.24) is 4.90 Å². The van der Waals surface area contributed by atoms with Gasteiger partial charge in [0.2, 0.25) is 0 Å². The molecule has 1 aromatic carbocycles. The number of hydrogen-bond donors (Lipinski definition) is 2. The Kier molecular flexibility index (Phi) is 4.65. The fraction of sp³-hybridized carbons (Fsp3) is 0.562. The number of carbonyl (C=O) groups excluding carboxylic acids is 1. The van der Waals surface area contributed by atoms with Gasteiger partial charge in [-0.2, -0.15) is 0 Å². The van der Waals surface area contributed by atoms with Crippen LogP contribution >= 0.6 is 0 Å². The van der Waals surface area contributed by atoms with Gasteiger partial charge in [-0.15, -0.1) is 0 Å². The van der Waals surface area contributed by atoms with E-state index < -0.39 is 0 Å². The number of aliphatic hydroxyl groups is 1. The van der Waals surface area contributed by atoms with E-state index in [4.69, 9.17) is 0 Å². The van der Waals surface area contributed by atoms with Crippen molar-refractivity contribution >= 4 is 11.7 Å². The highest BCUT2D eigenvalue weighted by Gasteiger charge is 2.26. The summed E-state index contributed by atoms with van der Waals surface area (Å²) in [6, 6.07) is 5.86. The number of nitrogens with one attached hydrogen (secondary N) is 1. The van der Waals surface area contributed by atoms with E-state index in [2.05, 4.69) is 12.2 Å². The van der Waals surface area contributed by atoms with E-state index in [1.54, 1.807) is 11.8 Å². The minimum atomic E-state index is -0.354. The first-order chi connectivity index (χ1) is 9.47. The smallest absolute Gasteiger partial charge is 0.321 e. The molecule has 0 spiro atoms. The number of hydrogen-bond acceptors (Lipinski definition) is 2. The van der Waals surface area contributed by atoms with Crippen molar-refractivity contribution < 1.29 is 9.90 Å². The number of amides is 2. The Morgan fingerprint density at radius 1 is 1.40 bits per heavy atom. The summed E-state index contributed by atoms with van der Waals surface area (Å²) in [6.45, 7) is 7.29. The van der Waals surface area contributed by atoms with Gasteiger partial charge < -0.3 is 15.3 Å². The van der Waals surface area contributed by atoms with E-state index in [0.717, 1.165) is 25.1 Å². The second kappa shape index (κ2) is 6.27. The molecule has 2 amide bonds. The summed E-state index contributed by atoms with van der Waals surface area (Å²) in [6.07, 6.45) is 1.59. The second-order valence-electron chi connectivity index (χ2n) is 5.82. The third-order valence-corrected chi connectivity index (χ3v) is 4.19. The number of benzene rings is 1. The van der Waals surface area contributed by atoms with Crippen LogP contribution in [0.1, 0.15) is 30.9 Å². The number of anilines is 1. The van der Waals surface area contributed by atoms with Gasteiger partial charge in [-0.3, -0.25) is 0 Å². The SMILES string of the molecule is Cc1ccc(NC(=O)N2CCCC(C(C)O)C2)cc1C. The van der Waals surface area contributed by atoms with Crippen molar-refractivity contribution in [3.05, 3.63) is 29.3 Å². The fourth-order valence-electron chi connectivity index (χ4n) is 2.61. The molecule has 0 saturated carbocycles. The van der Waals surface area contributed by atoms with Crippen LogP contribution < -0.4 is 5.32 Å². The molecule has 2 unspecified atom stereocenters. The Balaban J connectivity index is 1.98. The first-order valence-electron chi connectivity index (χ1n) is 7.28. The molecule has 1 heterocycles. The highest BCUT2D eigenvalue weighted by Crippen LogP contribution is 2.21. The van der Waals surface area contributed by atoms with E-state index in [0.29, 0.717) is 6.54 Å². The van der Waals surface area contributed by atoms with Crippen LogP contribution in [0, 0.1) is 19.8 Å². The first kappa shape index (κ1) is 14.9. The Hall–Kier alpha value is -1.55. The highest BCUT2D eigenvalue weighted by molar-refractivity contribution is 5.89. The van der Waals surface area contributed by atoms with Crippen LogP contribution in [0.25, 0.3) is 0 Å². The molecule has 4 heteroatoms. The summed E-state index contributed by atoms with van der Waals surface area (Å²) in [5.74, 6) is 0.189. The Morgan fingerprint density at radius 2 is 2.15 bits per heavy atom. The van der Waals surface area contributed by atoms with Crippen molar-refractivity contribution in [3.8, 4) is 0 Å². The van der Waals surface area contributed by atoms with Gasteiger partial charge in [-0.1, -0.05) is 6.07 Å². The largest absolute Gasteiger partial charge is 0.393 e. The van der Waals surface area contributed by atoms with Crippen molar-refractivity contribution in [2.75, 3.05) is 18.4 Å². The number of aryl methyl sites for hydroxylation is 2. The zero-order valence-electron chi connectivity index (χ0n) is 12.5. The van der Waals surface area contributed by atoms with Gasteiger partial charge in [0.1, 0.15) is 0 Å². The molecule has 1 saturated heterocycles. The maximum atomic E-state index is 12.3. The maximum Gasteiger partial charge on any atom is 0.321 e. The van der Waals surface area contributed by atoms with Crippen LogP contribution in [0.5, 0.6) is 0 Å². The number of nitrogens with zero attached hydrogens (tertiary/aromatic N) is 1. The van der Waals surface area contributed by atoms with Gasteiger partial charge in [-0.05, 0) is 56.9 Å². The molecule has 0 aliphatic carbocycles. The van der Waals surface area contributed by atoms with Crippen LogP contribution in [-0.2, 0) is 0 Å². The Morgan fingerprint density at radius 3 is 2.80 bits per heavy atom. The number of rotatable bonds is 2. The monoisotopic (exact) mass is 276 g/mol. The molecular formula is C16H24N2O2. The molecule has 2 atom stereocenters. The van der Waals surface area contributed by atoms with Gasteiger partial charge in [0.05, 0.1) is 6.10 Å².